The molecule has 42 valence electrons. The van der Waals surface area contributed by atoms with E-state index >= 15 is 0 Å². The lowest BCUT2D eigenvalue weighted by Gasteiger charge is -2.07. The van der Waals surface area contributed by atoms with Gasteiger partial charge >= 0.3 is 0 Å². The fourth-order valence-electron chi connectivity index (χ4n) is 0.529. The summed E-state index contributed by atoms with van der Waals surface area (Å²) in [6, 6.07) is 0. The molecule has 1 atom stereocenters. The lowest BCUT2D eigenvalue weighted by Crippen LogP contribution is -2.09. The van der Waals surface area contributed by atoms with Gasteiger partial charge in [-0.1, -0.05) is 22.6 Å². The molecular weight excluding hydrogens is 223 g/mol. The highest BCUT2D eigenvalue weighted by Gasteiger charge is 2.26. The predicted octanol–water partition coefficient (Wildman–Crippen LogP) is 1.47. The van der Waals surface area contributed by atoms with Crippen LogP contribution < -0.4 is 0 Å². The van der Waals surface area contributed by atoms with E-state index in [0.717, 1.165) is 19.6 Å². The minimum Gasteiger partial charge on any atom is -0.379 e. The molecule has 1 nitrogen and oxygen atoms in total. The Morgan fingerprint density at radius 2 is 2.43 bits per heavy atom. The second-order valence-electron chi connectivity index (χ2n) is 1.72. The van der Waals surface area contributed by atoms with Crippen molar-refractivity contribution in [3.05, 3.63) is 0 Å². The molecule has 0 amide bonds. The summed E-state index contributed by atoms with van der Waals surface area (Å²) in [7, 11) is 0. The van der Waals surface area contributed by atoms with E-state index in [1.807, 2.05) is 0 Å². The van der Waals surface area contributed by atoms with Gasteiger partial charge in [0.15, 0.2) is 0 Å². The van der Waals surface area contributed by atoms with Crippen molar-refractivity contribution in [1.29, 1.82) is 0 Å². The number of ether oxygens (including phenoxy) is 1. The fraction of sp³-hybridized carbons (Fsp3) is 1.00. The molecule has 1 unspecified atom stereocenters. The number of rotatable bonds is 0. The van der Waals surface area contributed by atoms with Crippen LogP contribution in [-0.2, 0) is 4.74 Å². The monoisotopic (exact) mass is 230 g/mol. The highest BCUT2D eigenvalue weighted by atomic mass is 127. The third-order valence-corrected chi connectivity index (χ3v) is 2.16. The summed E-state index contributed by atoms with van der Waals surface area (Å²) < 4.78 is 5.21. The Kier molecular flexibility index (Phi) is 1.86. The van der Waals surface area contributed by atoms with Crippen molar-refractivity contribution >= 4 is 35.2 Å². The topological polar surface area (TPSA) is 9.23 Å². The number of halogens is 1. The summed E-state index contributed by atoms with van der Waals surface area (Å²) in [5, 5.41) is 0. The van der Waals surface area contributed by atoms with Gasteiger partial charge in [-0.05, 0) is 6.42 Å². The van der Waals surface area contributed by atoms with E-state index in [-0.39, 0.29) is 2.75 Å². The molecule has 0 bridgehead atoms. The molecule has 1 rings (SSSR count). The van der Waals surface area contributed by atoms with Gasteiger partial charge in [0.2, 0.25) is 0 Å². The molecule has 1 aliphatic rings. The van der Waals surface area contributed by atoms with Crippen molar-refractivity contribution in [2.24, 2.45) is 0 Å². The fourth-order valence-corrected chi connectivity index (χ4v) is 1.15. The van der Waals surface area contributed by atoms with Gasteiger partial charge in [-0.2, -0.15) is 12.6 Å². The van der Waals surface area contributed by atoms with Crippen LogP contribution in [0.25, 0.3) is 0 Å². The Labute approximate surface area is 62.4 Å². The lowest BCUT2D eigenvalue weighted by molar-refractivity contribution is 0.198. The molecule has 1 fully saturated rings. The van der Waals surface area contributed by atoms with Crippen LogP contribution in [0.4, 0.5) is 0 Å². The summed E-state index contributed by atoms with van der Waals surface area (Å²) in [4.78, 5) is 0. The summed E-state index contributed by atoms with van der Waals surface area (Å²) in [5.74, 6) is 0. The smallest absolute Gasteiger partial charge is 0.0897 e. The first kappa shape index (κ1) is 6.16. The van der Waals surface area contributed by atoms with Crippen molar-refractivity contribution in [2.75, 3.05) is 13.2 Å². The molecule has 0 aromatic rings. The summed E-state index contributed by atoms with van der Waals surface area (Å²) in [5.41, 5.74) is 0. The molecule has 0 radical (unpaired) electrons. The van der Waals surface area contributed by atoms with Crippen molar-refractivity contribution in [3.63, 3.8) is 0 Å². The van der Waals surface area contributed by atoms with E-state index in [1.54, 1.807) is 0 Å². The van der Waals surface area contributed by atoms with Crippen molar-refractivity contribution in [2.45, 2.75) is 9.17 Å². The van der Waals surface area contributed by atoms with Crippen molar-refractivity contribution in [1.82, 2.24) is 0 Å². The predicted molar refractivity (Wildman–Crippen MR) is 41.2 cm³/mol. The number of alkyl halides is 1. The van der Waals surface area contributed by atoms with Crippen LogP contribution in [0, 0.1) is 0 Å². The zero-order valence-electron chi connectivity index (χ0n) is 3.85. The second kappa shape index (κ2) is 2.11. The van der Waals surface area contributed by atoms with Gasteiger partial charge in [-0.25, -0.2) is 0 Å². The van der Waals surface area contributed by atoms with E-state index < -0.39 is 0 Å². The molecule has 0 aliphatic carbocycles. The molecule has 3 heteroatoms. The van der Waals surface area contributed by atoms with Gasteiger partial charge in [0.1, 0.15) is 0 Å². The molecule has 0 saturated carbocycles. The zero-order chi connectivity index (χ0) is 5.33. The van der Waals surface area contributed by atoms with E-state index in [1.165, 1.54) is 0 Å². The molecule has 7 heavy (non-hydrogen) atoms. The van der Waals surface area contributed by atoms with Gasteiger partial charge < -0.3 is 4.74 Å². The summed E-state index contributed by atoms with van der Waals surface area (Å²) >= 11 is 6.62. The van der Waals surface area contributed by atoms with E-state index in [0.29, 0.717) is 0 Å². The van der Waals surface area contributed by atoms with E-state index in [4.69, 9.17) is 4.74 Å². The van der Waals surface area contributed by atoms with Crippen LogP contribution in [0.5, 0.6) is 0 Å². The van der Waals surface area contributed by atoms with Gasteiger partial charge in [-0.3, -0.25) is 0 Å². The van der Waals surface area contributed by atoms with Gasteiger partial charge in [-0.15, -0.1) is 0 Å². The Bertz CT molecular complexity index is 66.1. The third-order valence-electron chi connectivity index (χ3n) is 0.953. The first-order valence-electron chi connectivity index (χ1n) is 2.20. The SMILES string of the molecule is SC1(I)CCOC1. The van der Waals surface area contributed by atoms with E-state index in [2.05, 4.69) is 35.2 Å². The quantitative estimate of drug-likeness (QED) is 0.376. The Hall–Kier alpha value is 1.04. The number of thiol groups is 1. The number of hydrogen-bond donors (Lipinski definition) is 1. The molecule has 0 aromatic heterocycles. The molecule has 0 N–H and O–H groups in total. The third kappa shape index (κ3) is 1.77. The first-order chi connectivity index (χ1) is 3.21. The van der Waals surface area contributed by atoms with Gasteiger partial charge in [0.25, 0.3) is 0 Å². The van der Waals surface area contributed by atoms with Crippen LogP contribution in [0.3, 0.4) is 0 Å². The zero-order valence-corrected chi connectivity index (χ0v) is 6.91. The standard InChI is InChI=1S/C4H7IOS/c5-4(7)1-2-6-3-4/h7H,1-3H2. The first-order valence-corrected chi connectivity index (χ1v) is 3.72. The van der Waals surface area contributed by atoms with Crippen LogP contribution in [-0.4, -0.2) is 16.0 Å². The highest BCUT2D eigenvalue weighted by Crippen LogP contribution is 2.32. The lowest BCUT2D eigenvalue weighted by atomic mass is 10.4. The van der Waals surface area contributed by atoms with E-state index in [9.17, 15) is 0 Å². The van der Waals surface area contributed by atoms with Crippen molar-refractivity contribution < 1.29 is 4.74 Å². The highest BCUT2D eigenvalue weighted by molar-refractivity contribution is 14.1. The van der Waals surface area contributed by atoms with Crippen LogP contribution in [0.15, 0.2) is 0 Å². The molecule has 0 aromatic carbocycles. The number of hydrogen-bond acceptors (Lipinski definition) is 2. The Morgan fingerprint density at radius 1 is 1.71 bits per heavy atom. The molecule has 1 aliphatic heterocycles. The maximum absolute atomic E-state index is 5.08. The maximum Gasteiger partial charge on any atom is 0.0897 e. The van der Waals surface area contributed by atoms with Gasteiger partial charge in [0, 0.05) is 6.61 Å². The Balaban J connectivity index is 2.40. The summed E-state index contributed by atoms with van der Waals surface area (Å²) in [6.07, 6.45) is 1.08. The van der Waals surface area contributed by atoms with Crippen LogP contribution in [0.1, 0.15) is 6.42 Å². The maximum atomic E-state index is 5.08. The Morgan fingerprint density at radius 3 is 2.57 bits per heavy atom. The summed E-state index contributed by atoms with van der Waals surface area (Å²) in [6.45, 7) is 1.68. The average Bonchev–Trinajstić information content (AvgIpc) is 1.84. The molecule has 0 spiro atoms. The molecule has 1 heterocycles. The average molecular weight is 230 g/mol. The van der Waals surface area contributed by atoms with Crippen molar-refractivity contribution in [3.8, 4) is 0 Å². The second-order valence-corrected chi connectivity index (χ2v) is 5.49. The van der Waals surface area contributed by atoms with Crippen LogP contribution in [0.2, 0.25) is 0 Å². The van der Waals surface area contributed by atoms with Crippen LogP contribution >= 0.6 is 35.2 Å². The molecule has 1 saturated heterocycles. The minimum absolute atomic E-state index is 0.137. The van der Waals surface area contributed by atoms with Gasteiger partial charge in [0.05, 0.1) is 9.36 Å². The normalized spacial score (nSPS) is 42.0. The molecular formula is C4H7IOS. The largest absolute Gasteiger partial charge is 0.379 e. The minimum atomic E-state index is 0.137.